The van der Waals surface area contributed by atoms with Crippen LogP contribution in [0.2, 0.25) is 10.0 Å². The van der Waals surface area contributed by atoms with E-state index in [0.29, 0.717) is 35.1 Å². The number of carbonyl (C=O) groups excluding carboxylic acids is 2. The number of benzene rings is 2. The largest absolute Gasteiger partial charge is 0.371 e. The third kappa shape index (κ3) is 4.99. The molecule has 0 aromatic heterocycles. The van der Waals surface area contributed by atoms with E-state index < -0.39 is 6.03 Å². The van der Waals surface area contributed by atoms with E-state index in [-0.39, 0.29) is 10.9 Å². The van der Waals surface area contributed by atoms with Crippen molar-refractivity contribution in [1.82, 2.24) is 4.90 Å². The second-order valence-corrected chi connectivity index (χ2v) is 7.87. The molecule has 1 aliphatic heterocycles. The van der Waals surface area contributed by atoms with E-state index in [0.717, 1.165) is 31.6 Å². The highest BCUT2D eigenvalue weighted by Crippen LogP contribution is 2.31. The van der Waals surface area contributed by atoms with Gasteiger partial charge in [0.25, 0.3) is 5.91 Å². The van der Waals surface area contributed by atoms with Crippen molar-refractivity contribution in [1.29, 1.82) is 0 Å². The first-order valence-corrected chi connectivity index (χ1v) is 10.9. The number of anilines is 3. The van der Waals surface area contributed by atoms with E-state index in [1.807, 2.05) is 26.0 Å². The zero-order valence-electron chi connectivity index (χ0n) is 17.2. The summed E-state index contributed by atoms with van der Waals surface area (Å²) in [4.78, 5) is 29.6. The monoisotopic (exact) mass is 448 g/mol. The van der Waals surface area contributed by atoms with Crippen molar-refractivity contribution in [2.24, 2.45) is 0 Å². The molecule has 3 rings (SSSR count). The number of carbonyl (C=O) groups is 2. The Kier molecular flexibility index (Phi) is 7.45. The maximum Gasteiger partial charge on any atom is 0.323 e. The van der Waals surface area contributed by atoms with Gasteiger partial charge in [-0.2, -0.15) is 0 Å². The fourth-order valence-electron chi connectivity index (χ4n) is 3.59. The van der Waals surface area contributed by atoms with Crippen LogP contribution in [-0.4, -0.2) is 43.0 Å². The van der Waals surface area contributed by atoms with Crippen molar-refractivity contribution in [3.63, 3.8) is 0 Å². The Hall–Kier alpha value is -2.44. The molecule has 2 N–H and O–H groups in total. The Morgan fingerprint density at radius 1 is 1.03 bits per heavy atom. The molecular weight excluding hydrogens is 423 g/mol. The van der Waals surface area contributed by atoms with E-state index in [9.17, 15) is 9.59 Å². The molecule has 30 heavy (non-hydrogen) atoms. The molecule has 160 valence electrons. The van der Waals surface area contributed by atoms with Crippen LogP contribution in [0, 0.1) is 0 Å². The van der Waals surface area contributed by atoms with Gasteiger partial charge >= 0.3 is 6.03 Å². The molecule has 1 fully saturated rings. The molecule has 1 aliphatic rings. The molecule has 0 bridgehead atoms. The van der Waals surface area contributed by atoms with Gasteiger partial charge in [0.2, 0.25) is 0 Å². The Balaban J connectivity index is 1.84. The third-order valence-electron chi connectivity index (χ3n) is 5.18. The quantitative estimate of drug-likeness (QED) is 0.593. The maximum atomic E-state index is 13.1. The highest BCUT2D eigenvalue weighted by atomic mass is 35.5. The Labute approximate surface area is 187 Å². The average Bonchev–Trinajstić information content (AvgIpc) is 3.27. The maximum absolute atomic E-state index is 13.1. The first-order chi connectivity index (χ1) is 14.4. The lowest BCUT2D eigenvalue weighted by Gasteiger charge is -2.25. The molecule has 2 aromatic rings. The molecule has 1 heterocycles. The highest BCUT2D eigenvalue weighted by Gasteiger charge is 2.23. The van der Waals surface area contributed by atoms with Crippen molar-refractivity contribution >= 4 is 52.2 Å². The van der Waals surface area contributed by atoms with Gasteiger partial charge in [0.05, 0.1) is 21.3 Å². The molecule has 0 unspecified atom stereocenters. The van der Waals surface area contributed by atoms with Crippen LogP contribution < -0.4 is 15.5 Å². The van der Waals surface area contributed by atoms with Crippen molar-refractivity contribution in [3.05, 3.63) is 52.0 Å². The summed E-state index contributed by atoms with van der Waals surface area (Å²) < 4.78 is 0. The summed E-state index contributed by atoms with van der Waals surface area (Å²) in [5, 5.41) is 6.11. The summed E-state index contributed by atoms with van der Waals surface area (Å²) in [6.45, 7) is 7.03. The van der Waals surface area contributed by atoms with Crippen molar-refractivity contribution in [2.45, 2.75) is 26.7 Å². The lowest BCUT2D eigenvalue weighted by Crippen LogP contribution is -2.32. The summed E-state index contributed by atoms with van der Waals surface area (Å²) >= 11 is 12.1. The zero-order chi connectivity index (χ0) is 21.7. The van der Waals surface area contributed by atoms with Gasteiger partial charge in [-0.05, 0) is 57.0 Å². The van der Waals surface area contributed by atoms with Gasteiger partial charge in [-0.3, -0.25) is 4.79 Å². The normalized spacial score (nSPS) is 13.3. The summed E-state index contributed by atoms with van der Waals surface area (Å²) in [6, 6.07) is 10.0. The molecule has 2 aromatic carbocycles. The molecule has 3 amide bonds. The van der Waals surface area contributed by atoms with Crippen LogP contribution in [0.5, 0.6) is 0 Å². The molecule has 0 aliphatic carbocycles. The highest BCUT2D eigenvalue weighted by molar-refractivity contribution is 6.44. The van der Waals surface area contributed by atoms with Crippen LogP contribution in [0.4, 0.5) is 21.9 Å². The topological polar surface area (TPSA) is 64.7 Å². The van der Waals surface area contributed by atoms with Crippen molar-refractivity contribution < 1.29 is 9.59 Å². The molecule has 6 nitrogen and oxygen atoms in total. The Morgan fingerprint density at radius 3 is 2.40 bits per heavy atom. The Bertz CT molecular complexity index is 925. The third-order valence-corrected chi connectivity index (χ3v) is 6.00. The molecule has 8 heteroatoms. The first-order valence-electron chi connectivity index (χ1n) is 10.1. The lowest BCUT2D eigenvalue weighted by molar-refractivity contribution is 0.0773. The van der Waals surface area contributed by atoms with Gasteiger partial charge < -0.3 is 20.4 Å². The molecule has 1 saturated heterocycles. The van der Waals surface area contributed by atoms with Crippen molar-refractivity contribution in [3.8, 4) is 0 Å². The molecule has 0 saturated carbocycles. The van der Waals surface area contributed by atoms with Gasteiger partial charge in [-0.1, -0.05) is 29.3 Å². The van der Waals surface area contributed by atoms with Crippen molar-refractivity contribution in [2.75, 3.05) is 41.7 Å². The minimum atomic E-state index is -0.464. The minimum Gasteiger partial charge on any atom is -0.371 e. The average molecular weight is 449 g/mol. The van der Waals surface area contributed by atoms with Crippen LogP contribution >= 0.6 is 23.2 Å². The predicted molar refractivity (Wildman–Crippen MR) is 124 cm³/mol. The first kappa shape index (κ1) is 22.2. The second kappa shape index (κ2) is 10.0. The van der Waals surface area contributed by atoms with E-state index in [1.54, 1.807) is 29.2 Å². The fourth-order valence-corrected chi connectivity index (χ4v) is 3.93. The van der Waals surface area contributed by atoms with Crippen LogP contribution in [0.15, 0.2) is 36.4 Å². The van der Waals surface area contributed by atoms with Crippen LogP contribution in [0.1, 0.15) is 37.0 Å². The van der Waals surface area contributed by atoms with Crippen LogP contribution in [-0.2, 0) is 0 Å². The van der Waals surface area contributed by atoms with Gasteiger partial charge in [-0.25, -0.2) is 4.79 Å². The molecule has 0 radical (unpaired) electrons. The smallest absolute Gasteiger partial charge is 0.323 e. The predicted octanol–water partition coefficient (Wildman–Crippen LogP) is 5.72. The number of urea groups is 1. The number of nitrogens with zero attached hydrogens (tertiary/aromatic N) is 2. The number of hydrogen-bond acceptors (Lipinski definition) is 3. The SMILES string of the molecule is CCN(CC)C(=O)c1cc(NC(=O)Nc2cccc(Cl)c2Cl)ccc1N1CCCC1. The standard InChI is InChI=1S/C22H26Cl2N4O2/c1-3-27(4-2)21(29)16-14-15(10-11-19(16)28-12-5-6-13-28)25-22(30)26-18-9-7-8-17(23)20(18)24/h7-11,14H,3-6,12-13H2,1-2H3,(H2,25,26,30). The fraction of sp³-hybridized carbons (Fsp3) is 0.364. The minimum absolute atomic E-state index is 0.0381. The molecular formula is C22H26Cl2N4O2. The number of halogens is 2. The van der Waals surface area contributed by atoms with Gasteiger partial charge in [-0.15, -0.1) is 0 Å². The number of nitrogens with one attached hydrogen (secondary N) is 2. The zero-order valence-corrected chi connectivity index (χ0v) is 18.7. The summed E-state index contributed by atoms with van der Waals surface area (Å²) in [6.07, 6.45) is 2.23. The van der Waals surface area contributed by atoms with E-state index in [4.69, 9.17) is 23.2 Å². The second-order valence-electron chi connectivity index (χ2n) is 7.08. The van der Waals surface area contributed by atoms with Crippen LogP contribution in [0.25, 0.3) is 0 Å². The van der Waals surface area contributed by atoms with Crippen LogP contribution in [0.3, 0.4) is 0 Å². The summed E-state index contributed by atoms with van der Waals surface area (Å²) in [5.41, 5.74) is 2.45. The number of hydrogen-bond donors (Lipinski definition) is 2. The molecule has 0 spiro atoms. The Morgan fingerprint density at radius 2 is 1.73 bits per heavy atom. The van der Waals surface area contributed by atoms with E-state index in [2.05, 4.69) is 15.5 Å². The van der Waals surface area contributed by atoms with Gasteiger partial charge in [0.15, 0.2) is 0 Å². The van der Waals surface area contributed by atoms with Gasteiger partial charge in [0, 0.05) is 37.6 Å². The summed E-state index contributed by atoms with van der Waals surface area (Å²) in [7, 11) is 0. The number of rotatable bonds is 6. The van der Waals surface area contributed by atoms with E-state index in [1.165, 1.54) is 0 Å². The lowest BCUT2D eigenvalue weighted by atomic mass is 10.1. The summed E-state index contributed by atoms with van der Waals surface area (Å²) in [5.74, 6) is -0.0381. The van der Waals surface area contributed by atoms with E-state index >= 15 is 0 Å². The molecule has 0 atom stereocenters. The van der Waals surface area contributed by atoms with Gasteiger partial charge in [0.1, 0.15) is 0 Å². The number of amides is 3.